The molecule has 1 rings (SSSR count). The minimum atomic E-state index is -5.38. The van der Waals surface area contributed by atoms with Crippen molar-refractivity contribution in [2.24, 2.45) is 5.73 Å². The Morgan fingerprint density at radius 3 is 1.88 bits per heavy atom. The first-order valence-corrected chi connectivity index (χ1v) is 8.51. The number of benzene rings is 1. The van der Waals surface area contributed by atoms with E-state index in [4.69, 9.17) is 14.8 Å². The van der Waals surface area contributed by atoms with E-state index in [9.17, 15) is 35.3 Å². The standard InChI is InChI=1S/C13H15F7NO3P/c1-3-23-25(22,24-4-2)11(21)10-8(13(18,19)20)5-7(6-9(10)14)12(15,16)17/h5-6,11H,3-4,21H2,1-2H3/t11-/m1/s1. The van der Waals surface area contributed by atoms with Crippen LogP contribution in [0.15, 0.2) is 12.1 Å². The molecule has 25 heavy (non-hydrogen) atoms. The summed E-state index contributed by atoms with van der Waals surface area (Å²) in [5, 5.41) is 0. The highest BCUT2D eigenvalue weighted by atomic mass is 31.2. The summed E-state index contributed by atoms with van der Waals surface area (Å²) >= 11 is 0. The van der Waals surface area contributed by atoms with Crippen molar-refractivity contribution in [3.63, 3.8) is 0 Å². The third kappa shape index (κ3) is 4.93. The lowest BCUT2D eigenvalue weighted by molar-refractivity contribution is -0.143. The van der Waals surface area contributed by atoms with E-state index in [2.05, 4.69) is 0 Å². The van der Waals surface area contributed by atoms with Crippen molar-refractivity contribution >= 4 is 7.60 Å². The van der Waals surface area contributed by atoms with Gasteiger partial charge in [-0.25, -0.2) is 4.39 Å². The number of halogens is 7. The van der Waals surface area contributed by atoms with Crippen LogP contribution in [0.4, 0.5) is 30.7 Å². The average molecular weight is 397 g/mol. The second-order valence-electron chi connectivity index (χ2n) is 4.74. The zero-order chi connectivity index (χ0) is 19.6. The van der Waals surface area contributed by atoms with Gasteiger partial charge in [0.05, 0.1) is 24.3 Å². The zero-order valence-electron chi connectivity index (χ0n) is 13.0. The zero-order valence-corrected chi connectivity index (χ0v) is 13.9. The fourth-order valence-electron chi connectivity index (χ4n) is 2.03. The normalized spacial score (nSPS) is 14.6. The largest absolute Gasteiger partial charge is 0.416 e. The van der Waals surface area contributed by atoms with E-state index in [0.717, 1.165) is 0 Å². The van der Waals surface area contributed by atoms with Crippen LogP contribution in [0.5, 0.6) is 0 Å². The van der Waals surface area contributed by atoms with Crippen molar-refractivity contribution in [1.29, 1.82) is 0 Å². The summed E-state index contributed by atoms with van der Waals surface area (Å²) in [6, 6.07) is -0.437. The molecule has 0 amide bonds. The third-order valence-electron chi connectivity index (χ3n) is 3.02. The van der Waals surface area contributed by atoms with E-state index in [1.807, 2.05) is 0 Å². The monoisotopic (exact) mass is 397 g/mol. The second kappa shape index (κ2) is 7.61. The Balaban J connectivity index is 3.66. The maximum absolute atomic E-state index is 14.1. The van der Waals surface area contributed by atoms with Crippen molar-refractivity contribution in [2.75, 3.05) is 13.2 Å². The van der Waals surface area contributed by atoms with E-state index in [-0.39, 0.29) is 25.3 Å². The first-order valence-electron chi connectivity index (χ1n) is 6.90. The average Bonchev–Trinajstić information content (AvgIpc) is 2.44. The van der Waals surface area contributed by atoms with Gasteiger partial charge in [0.15, 0.2) is 0 Å². The molecule has 0 bridgehead atoms. The molecule has 12 heteroatoms. The summed E-state index contributed by atoms with van der Waals surface area (Å²) in [5.41, 5.74) is 0.213. The molecule has 0 spiro atoms. The van der Waals surface area contributed by atoms with Crippen molar-refractivity contribution in [3.05, 3.63) is 34.6 Å². The van der Waals surface area contributed by atoms with Crippen molar-refractivity contribution in [2.45, 2.75) is 32.0 Å². The lowest BCUT2D eigenvalue weighted by Crippen LogP contribution is -2.23. The van der Waals surface area contributed by atoms with E-state index in [1.165, 1.54) is 13.8 Å². The van der Waals surface area contributed by atoms with Gasteiger partial charge in [0.25, 0.3) is 0 Å². The van der Waals surface area contributed by atoms with Gasteiger partial charge in [0, 0.05) is 5.56 Å². The molecule has 4 nitrogen and oxygen atoms in total. The lowest BCUT2D eigenvalue weighted by atomic mass is 10.0. The Hall–Kier alpha value is -1.16. The SMILES string of the molecule is CCOP(=O)(OCC)[C@@H](N)c1c(F)cc(C(F)(F)F)cc1C(F)(F)F. The Bertz CT molecular complexity index is 650. The molecule has 1 atom stereocenters. The molecule has 0 aromatic heterocycles. The van der Waals surface area contributed by atoms with E-state index < -0.39 is 48.2 Å². The van der Waals surface area contributed by atoms with Gasteiger partial charge < -0.3 is 14.8 Å². The third-order valence-corrected chi connectivity index (χ3v) is 5.19. The molecular weight excluding hydrogens is 382 g/mol. The summed E-state index contributed by atoms with van der Waals surface area (Å²) in [4.78, 5) is 0. The number of alkyl halides is 6. The molecule has 1 aromatic carbocycles. The number of nitrogens with two attached hydrogens (primary N) is 1. The Morgan fingerprint density at radius 1 is 1.04 bits per heavy atom. The van der Waals surface area contributed by atoms with Crippen LogP contribution in [0, 0.1) is 5.82 Å². The highest BCUT2D eigenvalue weighted by Gasteiger charge is 2.45. The first kappa shape index (κ1) is 21.9. The molecule has 0 aliphatic rings. The fraction of sp³-hybridized carbons (Fsp3) is 0.538. The summed E-state index contributed by atoms with van der Waals surface area (Å²) in [5.74, 6) is -4.17. The Kier molecular flexibility index (Phi) is 6.66. The van der Waals surface area contributed by atoms with Gasteiger partial charge in [0.1, 0.15) is 11.6 Å². The summed E-state index contributed by atoms with van der Waals surface area (Å²) in [6.45, 7) is 2.11. The molecule has 0 unspecified atom stereocenters. The van der Waals surface area contributed by atoms with Crippen LogP contribution in [0.25, 0.3) is 0 Å². The maximum atomic E-state index is 14.1. The van der Waals surface area contributed by atoms with E-state index in [0.29, 0.717) is 0 Å². The predicted molar refractivity (Wildman–Crippen MR) is 74.2 cm³/mol. The molecule has 0 fully saturated rings. The van der Waals surface area contributed by atoms with Gasteiger partial charge in [-0.1, -0.05) is 0 Å². The molecule has 144 valence electrons. The van der Waals surface area contributed by atoms with Gasteiger partial charge in [0.2, 0.25) is 0 Å². The number of hydrogen-bond acceptors (Lipinski definition) is 4. The molecule has 0 saturated carbocycles. The van der Waals surface area contributed by atoms with Crippen LogP contribution in [-0.2, 0) is 26.0 Å². The Morgan fingerprint density at radius 2 is 1.52 bits per heavy atom. The van der Waals surface area contributed by atoms with Crippen LogP contribution in [-0.4, -0.2) is 13.2 Å². The fourth-order valence-corrected chi connectivity index (χ4v) is 3.73. The summed E-state index contributed by atoms with van der Waals surface area (Å²) < 4.78 is 114. The van der Waals surface area contributed by atoms with Crippen molar-refractivity contribution < 1.29 is 44.3 Å². The highest BCUT2D eigenvalue weighted by molar-refractivity contribution is 7.54. The summed E-state index contributed by atoms with van der Waals surface area (Å²) in [6.07, 6.45) is -10.6. The quantitative estimate of drug-likeness (QED) is 0.537. The van der Waals surface area contributed by atoms with Gasteiger partial charge in [-0.05, 0) is 26.0 Å². The molecule has 0 radical (unpaired) electrons. The van der Waals surface area contributed by atoms with Crippen molar-refractivity contribution in [3.8, 4) is 0 Å². The first-order chi connectivity index (χ1) is 11.3. The molecular formula is C13H15F7NO3P. The maximum Gasteiger partial charge on any atom is 0.416 e. The molecule has 1 aromatic rings. The highest BCUT2D eigenvalue weighted by Crippen LogP contribution is 2.60. The topological polar surface area (TPSA) is 61.5 Å². The van der Waals surface area contributed by atoms with Crippen LogP contribution >= 0.6 is 7.60 Å². The Labute approximate surface area is 138 Å². The van der Waals surface area contributed by atoms with Crippen LogP contribution in [0.3, 0.4) is 0 Å². The van der Waals surface area contributed by atoms with Gasteiger partial charge in [-0.3, -0.25) is 4.57 Å². The van der Waals surface area contributed by atoms with E-state index in [1.54, 1.807) is 0 Å². The summed E-state index contributed by atoms with van der Waals surface area (Å²) in [7, 11) is -4.45. The minimum absolute atomic E-state index is 0.146. The molecule has 0 aliphatic heterocycles. The second-order valence-corrected chi connectivity index (χ2v) is 6.89. The minimum Gasteiger partial charge on any atom is -0.314 e. The van der Waals surface area contributed by atoms with Crippen LogP contribution in [0.1, 0.15) is 36.3 Å². The lowest BCUT2D eigenvalue weighted by Gasteiger charge is -2.26. The van der Waals surface area contributed by atoms with Gasteiger partial charge in [-0.15, -0.1) is 0 Å². The van der Waals surface area contributed by atoms with E-state index >= 15 is 0 Å². The van der Waals surface area contributed by atoms with Gasteiger partial charge >= 0.3 is 19.9 Å². The molecule has 2 N–H and O–H groups in total. The predicted octanol–water partition coefficient (Wildman–Crippen LogP) is 5.09. The molecule has 0 heterocycles. The van der Waals surface area contributed by atoms with Crippen LogP contribution in [0.2, 0.25) is 0 Å². The van der Waals surface area contributed by atoms with Gasteiger partial charge in [-0.2, -0.15) is 26.3 Å². The smallest absolute Gasteiger partial charge is 0.314 e. The molecule has 0 saturated heterocycles. The van der Waals surface area contributed by atoms with Crippen LogP contribution < -0.4 is 5.73 Å². The number of rotatable bonds is 6. The number of hydrogen-bond donors (Lipinski definition) is 1. The molecule has 0 aliphatic carbocycles. The van der Waals surface area contributed by atoms with Crippen molar-refractivity contribution in [1.82, 2.24) is 0 Å².